The van der Waals surface area contributed by atoms with Gasteiger partial charge in [-0.1, -0.05) is 0 Å². The van der Waals surface area contributed by atoms with Crippen LogP contribution in [0.15, 0.2) is 73.3 Å². The fraction of sp³-hybridized carbons (Fsp3) is 0.389. The SMILES string of the molecule is Cl.Cl.Cl.Cl.N#Cc1ccc2c(c1)CCC(CNCCCNc1ncccn1)O2.N#Cc1ccc2c(c1)CCC(CNCCCNc1ncccn1)O2.O. The van der Waals surface area contributed by atoms with Gasteiger partial charge in [-0.2, -0.15) is 10.5 Å². The van der Waals surface area contributed by atoms with Crippen LogP contribution in [0.1, 0.15) is 47.9 Å². The number of ether oxygens (including phenoxy) is 2. The van der Waals surface area contributed by atoms with Crippen molar-refractivity contribution >= 4 is 61.5 Å². The van der Waals surface area contributed by atoms with Crippen molar-refractivity contribution in [3.63, 3.8) is 0 Å². The molecule has 6 N–H and O–H groups in total. The molecular formula is C36H48Cl4N10O3. The van der Waals surface area contributed by atoms with Gasteiger partial charge in [0.2, 0.25) is 11.9 Å². The molecule has 0 aliphatic carbocycles. The molecule has 2 aliphatic rings. The monoisotopic (exact) mass is 808 g/mol. The van der Waals surface area contributed by atoms with Crippen molar-refractivity contribution in [3.8, 4) is 23.6 Å². The molecule has 17 heteroatoms. The van der Waals surface area contributed by atoms with Crippen LogP contribution in [0.4, 0.5) is 11.9 Å². The predicted molar refractivity (Wildman–Crippen MR) is 216 cm³/mol. The lowest BCUT2D eigenvalue weighted by Gasteiger charge is -2.26. The van der Waals surface area contributed by atoms with Crippen molar-refractivity contribution < 1.29 is 14.9 Å². The lowest BCUT2D eigenvalue weighted by atomic mass is 10.0. The van der Waals surface area contributed by atoms with E-state index in [1.54, 1.807) is 36.9 Å². The molecule has 6 rings (SSSR count). The highest BCUT2D eigenvalue weighted by Crippen LogP contribution is 2.29. The van der Waals surface area contributed by atoms with Gasteiger partial charge in [0.05, 0.1) is 23.3 Å². The largest absolute Gasteiger partial charge is 0.489 e. The fourth-order valence-corrected chi connectivity index (χ4v) is 5.45. The maximum Gasteiger partial charge on any atom is 0.222 e. The number of rotatable bonds is 14. The van der Waals surface area contributed by atoms with Crippen molar-refractivity contribution in [2.75, 3.05) is 49.9 Å². The van der Waals surface area contributed by atoms with E-state index in [0.717, 1.165) is 100 Å². The Balaban J connectivity index is 0.000000932. The second-order valence-corrected chi connectivity index (χ2v) is 11.5. The van der Waals surface area contributed by atoms with E-state index in [4.69, 9.17) is 20.0 Å². The third-order valence-corrected chi connectivity index (χ3v) is 7.94. The zero-order valence-electron chi connectivity index (χ0n) is 29.2. The first-order valence-corrected chi connectivity index (χ1v) is 16.5. The highest BCUT2D eigenvalue weighted by Gasteiger charge is 2.20. The number of fused-ring (bicyclic) bond motifs is 2. The van der Waals surface area contributed by atoms with Gasteiger partial charge in [0.25, 0.3) is 0 Å². The summed E-state index contributed by atoms with van der Waals surface area (Å²) in [6.07, 6.45) is 13.2. The van der Waals surface area contributed by atoms with Crippen molar-refractivity contribution in [1.82, 2.24) is 30.6 Å². The molecule has 0 amide bonds. The molecule has 288 valence electrons. The number of nitriles is 2. The summed E-state index contributed by atoms with van der Waals surface area (Å²) in [4.78, 5) is 16.5. The Morgan fingerprint density at radius 1 is 0.604 bits per heavy atom. The molecule has 2 aliphatic heterocycles. The Morgan fingerprint density at radius 2 is 1.00 bits per heavy atom. The summed E-state index contributed by atoms with van der Waals surface area (Å²) in [5.74, 6) is 3.16. The summed E-state index contributed by atoms with van der Waals surface area (Å²) in [7, 11) is 0. The van der Waals surface area contributed by atoms with Crippen LogP contribution in [0.3, 0.4) is 0 Å². The van der Waals surface area contributed by atoms with Crippen LogP contribution in [-0.4, -0.2) is 76.9 Å². The molecule has 2 aromatic heterocycles. The van der Waals surface area contributed by atoms with E-state index in [1.165, 1.54) is 0 Å². The normalized spacial score (nSPS) is 14.4. The highest BCUT2D eigenvalue weighted by molar-refractivity contribution is 5.86. The number of halogens is 4. The second-order valence-electron chi connectivity index (χ2n) is 11.5. The molecule has 0 fully saturated rings. The maximum absolute atomic E-state index is 8.94. The van der Waals surface area contributed by atoms with Gasteiger partial charge in [0, 0.05) is 51.0 Å². The topological polar surface area (TPSA) is 197 Å². The molecule has 0 bridgehead atoms. The zero-order valence-corrected chi connectivity index (χ0v) is 32.5. The molecule has 0 radical (unpaired) electrons. The Labute approximate surface area is 336 Å². The van der Waals surface area contributed by atoms with Gasteiger partial charge < -0.3 is 36.2 Å². The molecule has 0 spiro atoms. The van der Waals surface area contributed by atoms with E-state index in [9.17, 15) is 0 Å². The summed E-state index contributed by atoms with van der Waals surface area (Å²) in [6, 6.07) is 19.2. The first-order valence-electron chi connectivity index (χ1n) is 16.5. The molecule has 4 aromatic rings. The third kappa shape index (κ3) is 16.6. The summed E-state index contributed by atoms with van der Waals surface area (Å²) in [5, 5.41) is 31.1. The van der Waals surface area contributed by atoms with Crippen LogP contribution in [-0.2, 0) is 12.8 Å². The summed E-state index contributed by atoms with van der Waals surface area (Å²) < 4.78 is 12.0. The van der Waals surface area contributed by atoms with Crippen molar-refractivity contribution in [1.29, 1.82) is 10.5 Å². The van der Waals surface area contributed by atoms with Crippen LogP contribution in [0.25, 0.3) is 0 Å². The zero-order chi connectivity index (χ0) is 33.2. The molecule has 2 unspecified atom stereocenters. The molecule has 13 nitrogen and oxygen atoms in total. The summed E-state index contributed by atoms with van der Waals surface area (Å²) >= 11 is 0. The maximum atomic E-state index is 8.94. The lowest BCUT2D eigenvalue weighted by Crippen LogP contribution is -2.35. The number of aromatic nitrogens is 4. The van der Waals surface area contributed by atoms with Crippen molar-refractivity contribution in [3.05, 3.63) is 95.6 Å². The van der Waals surface area contributed by atoms with Crippen LogP contribution >= 0.6 is 49.6 Å². The third-order valence-electron chi connectivity index (χ3n) is 7.94. The number of hydrogen-bond donors (Lipinski definition) is 4. The van der Waals surface area contributed by atoms with Gasteiger partial charge in [-0.05, 0) is 111 Å². The smallest absolute Gasteiger partial charge is 0.222 e. The van der Waals surface area contributed by atoms with E-state index >= 15 is 0 Å². The molecule has 0 saturated carbocycles. The molecule has 0 saturated heterocycles. The van der Waals surface area contributed by atoms with Gasteiger partial charge in [-0.25, -0.2) is 19.9 Å². The predicted octanol–water partition coefficient (Wildman–Crippen LogP) is 5.13. The first-order chi connectivity index (χ1) is 23.7. The highest BCUT2D eigenvalue weighted by atomic mass is 35.5. The standard InChI is InChI=1S/2C18H21N5O.4ClH.H2O/c2*19-12-14-3-6-17-15(11-14)4-5-16(24-17)13-20-7-1-8-21-18-22-9-2-10-23-18;;;;;/h2*2-3,6,9-11,16,20H,1,4-5,7-8,13H2,(H,21,22,23);4*1H;1H2. The molecule has 2 aromatic carbocycles. The Morgan fingerprint density at radius 3 is 1.38 bits per heavy atom. The minimum Gasteiger partial charge on any atom is -0.489 e. The number of nitrogens with one attached hydrogen (secondary N) is 4. The van der Waals surface area contributed by atoms with E-state index in [1.807, 2.05) is 36.4 Å². The first kappa shape index (κ1) is 48.8. The lowest BCUT2D eigenvalue weighted by molar-refractivity contribution is 0.170. The summed E-state index contributed by atoms with van der Waals surface area (Å²) in [6.45, 7) is 5.17. The number of aryl methyl sites for hydroxylation is 2. The average molecular weight is 811 g/mol. The van der Waals surface area contributed by atoms with Crippen LogP contribution in [0.2, 0.25) is 0 Å². The van der Waals surface area contributed by atoms with E-state index < -0.39 is 0 Å². The Bertz CT molecular complexity index is 1540. The van der Waals surface area contributed by atoms with Crippen LogP contribution in [0.5, 0.6) is 11.5 Å². The molecule has 4 heterocycles. The van der Waals surface area contributed by atoms with E-state index in [0.29, 0.717) is 23.0 Å². The van der Waals surface area contributed by atoms with Gasteiger partial charge >= 0.3 is 0 Å². The minimum atomic E-state index is 0. The molecule has 53 heavy (non-hydrogen) atoms. The van der Waals surface area contributed by atoms with E-state index in [2.05, 4.69) is 53.3 Å². The summed E-state index contributed by atoms with van der Waals surface area (Å²) in [5.41, 5.74) is 3.67. The Hall–Kier alpha value is -4.18. The fourth-order valence-electron chi connectivity index (χ4n) is 5.45. The van der Waals surface area contributed by atoms with Gasteiger partial charge in [0.1, 0.15) is 23.7 Å². The molecule has 2 atom stereocenters. The van der Waals surface area contributed by atoms with Crippen LogP contribution in [0, 0.1) is 22.7 Å². The van der Waals surface area contributed by atoms with Gasteiger partial charge in [-0.15, -0.1) is 49.6 Å². The van der Waals surface area contributed by atoms with Gasteiger partial charge in [0.15, 0.2) is 0 Å². The second kappa shape index (κ2) is 27.4. The minimum absolute atomic E-state index is 0. The van der Waals surface area contributed by atoms with E-state index in [-0.39, 0.29) is 67.3 Å². The number of nitrogens with zero attached hydrogens (tertiary/aromatic N) is 6. The van der Waals surface area contributed by atoms with Crippen molar-refractivity contribution in [2.45, 2.75) is 50.7 Å². The van der Waals surface area contributed by atoms with Crippen LogP contribution < -0.4 is 30.7 Å². The number of benzene rings is 2. The average Bonchev–Trinajstić information content (AvgIpc) is 3.15. The van der Waals surface area contributed by atoms with Crippen molar-refractivity contribution in [2.24, 2.45) is 0 Å². The molecular weight excluding hydrogens is 762 g/mol. The quantitative estimate of drug-likeness (QED) is 0.123. The number of hydrogen-bond acceptors (Lipinski definition) is 12. The number of anilines is 2. The van der Waals surface area contributed by atoms with Gasteiger partial charge in [-0.3, -0.25) is 0 Å². The Kier molecular flexibility index (Phi) is 25.3.